The first-order chi connectivity index (χ1) is 29.6. The zero-order valence-electron chi connectivity index (χ0n) is 36.5. The molecule has 0 aromatic carbocycles. The first-order valence-electron chi connectivity index (χ1n) is 20.5. The average molecular weight is 936 g/mol. The predicted molar refractivity (Wildman–Crippen MR) is 240 cm³/mol. The van der Waals surface area contributed by atoms with E-state index in [9.17, 15) is 48.3 Å². The summed E-state index contributed by atoms with van der Waals surface area (Å²) in [5.41, 5.74) is 22.2. The minimum atomic E-state index is -1.45. The quantitative estimate of drug-likeness (QED) is 0.0134. The molecule has 0 aromatic rings. The van der Waals surface area contributed by atoms with Crippen LogP contribution < -0.4 is 65.5 Å². The molecule has 0 fully saturated rings. The molecule has 360 valence electrons. The molecule has 0 aliphatic heterocycles. The van der Waals surface area contributed by atoms with E-state index >= 15 is 0 Å². The molecule has 0 bridgehead atoms. The third-order valence-corrected chi connectivity index (χ3v) is 10.3. The van der Waals surface area contributed by atoms with Crippen LogP contribution in [-0.4, -0.2) is 155 Å². The van der Waals surface area contributed by atoms with Gasteiger partial charge in [-0.2, -0.15) is 25.3 Å². The van der Waals surface area contributed by atoms with Crippen LogP contribution in [0.4, 0.5) is 0 Å². The lowest BCUT2D eigenvalue weighted by atomic mass is 9.95. The van der Waals surface area contributed by atoms with E-state index < -0.39 is 127 Å². The smallest absolute Gasteiger partial charge is 0.327 e. The zero-order valence-corrected chi connectivity index (χ0v) is 38.3. The summed E-state index contributed by atoms with van der Waals surface area (Å²) >= 11 is 7.83. The number of nitrogens with zero attached hydrogens (tertiary/aromatic N) is 1. The molecular weight excluding hydrogens is 867 g/mol. The van der Waals surface area contributed by atoms with E-state index in [-0.39, 0.29) is 49.8 Å². The number of hydrogen-bond donors (Lipinski definition) is 16. The molecule has 0 aromatic heterocycles. The highest BCUT2D eigenvalue weighted by Crippen LogP contribution is 2.13. The van der Waals surface area contributed by atoms with E-state index in [0.29, 0.717) is 19.3 Å². The van der Waals surface area contributed by atoms with E-state index in [1.165, 1.54) is 6.92 Å². The lowest BCUT2D eigenvalue weighted by molar-refractivity contribution is -0.141. The van der Waals surface area contributed by atoms with Gasteiger partial charge in [0.25, 0.3) is 0 Å². The minimum absolute atomic E-state index is 0.0322. The van der Waals surface area contributed by atoms with Crippen molar-refractivity contribution in [2.24, 2.45) is 39.8 Å². The van der Waals surface area contributed by atoms with Gasteiger partial charge in [-0.25, -0.2) is 4.79 Å². The topological polar surface area (TPSA) is 407 Å². The normalized spacial score (nSPS) is 15.3. The molecule has 0 saturated carbocycles. The SMILES string of the molecule is CC[C@H](C)[C@H](NC(=O)[C@@H](NC(=O)[C@H](CO)NC(=O)[C@@H](N)CS)C(C)C)C(=O)N[C@@H](CCCCN)C(=O)N[C@@H](CCCN=C(N)N)C(=O)NCC(=O)N[C@@H](C)C(=O)N[C@@H](CS)C(=O)O. The zero-order chi connectivity index (χ0) is 48.4. The van der Waals surface area contributed by atoms with Gasteiger partial charge in [0.2, 0.25) is 47.3 Å². The number of nitrogens with one attached hydrogen (secondary N) is 8. The van der Waals surface area contributed by atoms with Crippen LogP contribution >= 0.6 is 25.3 Å². The molecule has 8 amide bonds. The van der Waals surface area contributed by atoms with Crippen molar-refractivity contribution in [1.29, 1.82) is 0 Å². The van der Waals surface area contributed by atoms with Crippen LogP contribution in [0.25, 0.3) is 0 Å². The molecule has 63 heavy (non-hydrogen) atoms. The standard InChI is InChI=1S/C37H69N13O11S2/c1-6-19(4)28(50-34(58)27(18(2)3)49-33(57)24(15-51)47-30(54)21(39)16-62)35(59)46-23(10-7-8-12-38)32(56)45-22(11-9-13-42-37(40)41)31(55)43-14-26(52)44-20(5)29(53)48-25(17-63)36(60)61/h18-25,27-28,51,62-63H,6-17,38-39H2,1-5H3,(H,43,55)(H,44,52)(H,45,56)(H,46,59)(H,47,54)(H,48,53)(H,49,57)(H,50,58)(H,60,61)(H4,40,41,42)/t19-,20-,21-,22-,23-,24-,25-,27-,28-/m0/s1. The maximum atomic E-state index is 14.0. The number of thiol groups is 2. The van der Waals surface area contributed by atoms with Gasteiger partial charge in [-0.05, 0) is 57.4 Å². The van der Waals surface area contributed by atoms with Crippen molar-refractivity contribution in [3.05, 3.63) is 0 Å². The van der Waals surface area contributed by atoms with E-state index in [0.717, 1.165) is 0 Å². The molecule has 0 aliphatic carbocycles. The molecule has 0 spiro atoms. The van der Waals surface area contributed by atoms with E-state index in [1.54, 1.807) is 27.7 Å². The summed E-state index contributed by atoms with van der Waals surface area (Å²) in [5, 5.41) is 38.7. The fourth-order valence-corrected chi connectivity index (χ4v) is 5.90. The highest BCUT2D eigenvalue weighted by molar-refractivity contribution is 7.80. The fourth-order valence-electron chi connectivity index (χ4n) is 5.49. The van der Waals surface area contributed by atoms with Crippen molar-refractivity contribution in [3.8, 4) is 0 Å². The van der Waals surface area contributed by atoms with Crippen LogP contribution in [-0.2, 0) is 43.2 Å². The number of aliphatic hydroxyl groups excluding tert-OH is 1. The first-order valence-corrected chi connectivity index (χ1v) is 21.8. The Morgan fingerprint density at radius 3 is 1.68 bits per heavy atom. The van der Waals surface area contributed by atoms with Crippen LogP contribution in [0.3, 0.4) is 0 Å². The van der Waals surface area contributed by atoms with Crippen LogP contribution in [0.5, 0.6) is 0 Å². The molecule has 0 aliphatic rings. The maximum Gasteiger partial charge on any atom is 0.327 e. The van der Waals surface area contributed by atoms with Crippen molar-refractivity contribution in [1.82, 2.24) is 42.5 Å². The largest absolute Gasteiger partial charge is 0.480 e. The summed E-state index contributed by atoms with van der Waals surface area (Å²) in [6.07, 6.45) is 1.44. The number of aliphatic hydroxyl groups is 1. The molecule has 0 saturated heterocycles. The maximum absolute atomic E-state index is 14.0. The Morgan fingerprint density at radius 2 is 1.16 bits per heavy atom. The molecule has 18 N–H and O–H groups in total. The van der Waals surface area contributed by atoms with Gasteiger partial charge in [-0.3, -0.25) is 43.3 Å². The number of unbranched alkanes of at least 4 members (excludes halogenated alkanes) is 1. The third-order valence-electron chi connectivity index (χ3n) is 9.54. The molecule has 0 rings (SSSR count). The van der Waals surface area contributed by atoms with E-state index in [2.05, 4.69) is 72.8 Å². The van der Waals surface area contributed by atoms with E-state index in [1.807, 2.05) is 0 Å². The van der Waals surface area contributed by atoms with E-state index in [4.69, 9.17) is 28.0 Å². The lowest BCUT2D eigenvalue weighted by Gasteiger charge is -2.30. The summed E-state index contributed by atoms with van der Waals surface area (Å²) in [6, 6.07) is -10.0. The average Bonchev–Trinajstić information content (AvgIpc) is 3.23. The number of carbonyl (C=O) groups excluding carboxylic acids is 8. The van der Waals surface area contributed by atoms with Crippen LogP contribution in [0, 0.1) is 11.8 Å². The second-order valence-electron chi connectivity index (χ2n) is 15.1. The molecule has 0 unspecified atom stereocenters. The van der Waals surface area contributed by atoms with Gasteiger partial charge in [0.1, 0.15) is 42.3 Å². The number of guanidine groups is 1. The number of rotatable bonds is 31. The van der Waals surface area contributed by atoms with Crippen molar-refractivity contribution in [3.63, 3.8) is 0 Å². The Morgan fingerprint density at radius 1 is 0.635 bits per heavy atom. The van der Waals surface area contributed by atoms with Gasteiger partial charge >= 0.3 is 5.97 Å². The molecule has 0 radical (unpaired) electrons. The summed E-state index contributed by atoms with van der Waals surface area (Å²) in [7, 11) is 0. The van der Waals surface area contributed by atoms with Crippen molar-refractivity contribution in [2.45, 2.75) is 121 Å². The number of aliphatic carboxylic acids is 1. The molecule has 9 atom stereocenters. The number of carboxylic acid groups (broad SMARTS) is 1. The van der Waals surface area contributed by atoms with Gasteiger partial charge in [-0.1, -0.05) is 34.1 Å². The second kappa shape index (κ2) is 31.0. The van der Waals surface area contributed by atoms with Gasteiger partial charge in [0, 0.05) is 18.1 Å². The molecule has 0 heterocycles. The number of carboxylic acids is 1. The number of amides is 8. The molecule has 26 heteroatoms. The summed E-state index contributed by atoms with van der Waals surface area (Å²) < 4.78 is 0. The number of carbonyl (C=O) groups is 9. The second-order valence-corrected chi connectivity index (χ2v) is 15.8. The summed E-state index contributed by atoms with van der Waals surface area (Å²) in [5.74, 6) is -9.20. The van der Waals surface area contributed by atoms with Crippen LogP contribution in [0.2, 0.25) is 0 Å². The number of aliphatic imine (C=N–C) groups is 1. The number of nitrogens with two attached hydrogens (primary N) is 4. The predicted octanol–water partition coefficient (Wildman–Crippen LogP) is -5.34. The Hall–Kier alpha value is -4.92. The Kier molecular flexibility index (Phi) is 28.6. The van der Waals surface area contributed by atoms with Gasteiger partial charge in [-0.15, -0.1) is 0 Å². The van der Waals surface area contributed by atoms with Gasteiger partial charge in [0.05, 0.1) is 19.2 Å². The monoisotopic (exact) mass is 935 g/mol. The summed E-state index contributed by atoms with van der Waals surface area (Å²) in [4.78, 5) is 121. The first kappa shape index (κ1) is 58.1. The van der Waals surface area contributed by atoms with Crippen LogP contribution in [0.1, 0.15) is 73.1 Å². The van der Waals surface area contributed by atoms with Crippen LogP contribution in [0.15, 0.2) is 4.99 Å². The summed E-state index contributed by atoms with van der Waals surface area (Å²) in [6.45, 7) is 6.91. The Labute approximate surface area is 378 Å². The van der Waals surface area contributed by atoms with Crippen molar-refractivity contribution >= 4 is 84.4 Å². The highest BCUT2D eigenvalue weighted by atomic mass is 32.1. The lowest BCUT2D eigenvalue weighted by Crippen LogP contribution is -2.62. The third kappa shape index (κ3) is 22.3. The van der Waals surface area contributed by atoms with Crippen molar-refractivity contribution in [2.75, 3.05) is 37.7 Å². The number of hydrogen-bond acceptors (Lipinski definition) is 15. The Bertz CT molecular complexity index is 1570. The molecular formula is C37H69N13O11S2. The van der Waals surface area contributed by atoms with Gasteiger partial charge in [0.15, 0.2) is 5.96 Å². The van der Waals surface area contributed by atoms with Gasteiger partial charge < -0.3 is 75.7 Å². The highest BCUT2D eigenvalue weighted by Gasteiger charge is 2.35. The van der Waals surface area contributed by atoms with Crippen molar-refractivity contribution < 1.29 is 53.4 Å². The Balaban J connectivity index is 6.26. The fraction of sp³-hybridized carbons (Fsp3) is 0.730. The minimum Gasteiger partial charge on any atom is -0.480 e. The molecule has 24 nitrogen and oxygen atoms in total.